The molecule has 0 aliphatic rings. The lowest BCUT2D eigenvalue weighted by Crippen LogP contribution is -2.11. The number of amides is 1. The van der Waals surface area contributed by atoms with Gasteiger partial charge >= 0.3 is 0 Å². The van der Waals surface area contributed by atoms with Crippen LogP contribution >= 0.6 is 15.9 Å². The average Bonchev–Trinajstić information content (AvgIpc) is 3.39. The number of carbonyl (C=O) groups is 1. The third kappa shape index (κ3) is 3.86. The van der Waals surface area contributed by atoms with E-state index in [9.17, 15) is 4.79 Å². The SMILES string of the molecule is CCc1noc(-c2ccc(NC(=O)c3cc(-c4ccc(Br)cc4)on3)cc2)n1. The Bertz CT molecular complexity index is 1100. The predicted octanol–water partition coefficient (Wildman–Crippen LogP) is 4.97. The van der Waals surface area contributed by atoms with E-state index in [1.807, 2.05) is 31.2 Å². The van der Waals surface area contributed by atoms with Crippen LogP contribution in [0.25, 0.3) is 22.8 Å². The molecule has 0 spiro atoms. The van der Waals surface area contributed by atoms with Gasteiger partial charge in [-0.25, -0.2) is 0 Å². The van der Waals surface area contributed by atoms with Gasteiger partial charge in [-0.3, -0.25) is 4.79 Å². The van der Waals surface area contributed by atoms with Crippen molar-refractivity contribution < 1.29 is 13.8 Å². The van der Waals surface area contributed by atoms with Gasteiger partial charge in [-0.15, -0.1) is 0 Å². The number of nitrogens with one attached hydrogen (secondary N) is 1. The molecule has 4 aromatic rings. The topological polar surface area (TPSA) is 94.1 Å². The van der Waals surface area contributed by atoms with E-state index in [4.69, 9.17) is 9.05 Å². The van der Waals surface area contributed by atoms with Gasteiger partial charge in [0.15, 0.2) is 17.3 Å². The molecule has 0 radical (unpaired) electrons. The van der Waals surface area contributed by atoms with Crippen LogP contribution in [0.1, 0.15) is 23.2 Å². The second-order valence-electron chi connectivity index (χ2n) is 5.98. The summed E-state index contributed by atoms with van der Waals surface area (Å²) in [5, 5.41) is 10.5. The molecule has 140 valence electrons. The van der Waals surface area contributed by atoms with Gasteiger partial charge in [-0.1, -0.05) is 45.3 Å². The maximum Gasteiger partial charge on any atom is 0.277 e. The summed E-state index contributed by atoms with van der Waals surface area (Å²) in [6, 6.07) is 16.3. The Hall–Kier alpha value is -3.26. The summed E-state index contributed by atoms with van der Waals surface area (Å²) in [5.41, 5.74) is 2.44. The average molecular weight is 439 g/mol. The lowest BCUT2D eigenvalue weighted by Gasteiger charge is -2.03. The second-order valence-corrected chi connectivity index (χ2v) is 6.90. The van der Waals surface area contributed by atoms with Gasteiger partial charge in [0, 0.05) is 33.8 Å². The van der Waals surface area contributed by atoms with Gasteiger partial charge in [-0.05, 0) is 36.4 Å². The zero-order valence-electron chi connectivity index (χ0n) is 14.8. The molecule has 1 amide bonds. The number of aryl methyl sites for hydroxylation is 1. The summed E-state index contributed by atoms with van der Waals surface area (Å²) in [7, 11) is 0. The van der Waals surface area contributed by atoms with Crippen LogP contribution in [0.3, 0.4) is 0 Å². The zero-order chi connectivity index (χ0) is 19.5. The molecular formula is C20H15BrN4O3. The molecule has 0 bridgehead atoms. The molecule has 0 atom stereocenters. The van der Waals surface area contributed by atoms with Crippen molar-refractivity contribution >= 4 is 27.5 Å². The molecule has 0 saturated heterocycles. The Morgan fingerprint density at radius 2 is 1.71 bits per heavy atom. The Morgan fingerprint density at radius 1 is 1.00 bits per heavy atom. The fraction of sp³-hybridized carbons (Fsp3) is 0.100. The van der Waals surface area contributed by atoms with Crippen molar-refractivity contribution in [3.05, 3.63) is 70.6 Å². The summed E-state index contributed by atoms with van der Waals surface area (Å²) in [4.78, 5) is 16.7. The lowest BCUT2D eigenvalue weighted by molar-refractivity contribution is 0.101. The molecule has 0 saturated carbocycles. The minimum atomic E-state index is -0.356. The molecule has 2 aromatic heterocycles. The summed E-state index contributed by atoms with van der Waals surface area (Å²) in [6.45, 7) is 1.96. The minimum Gasteiger partial charge on any atom is -0.355 e. The highest BCUT2D eigenvalue weighted by Crippen LogP contribution is 2.24. The Labute approximate surface area is 168 Å². The fourth-order valence-corrected chi connectivity index (χ4v) is 2.80. The molecule has 1 N–H and O–H groups in total. The highest BCUT2D eigenvalue weighted by atomic mass is 79.9. The van der Waals surface area contributed by atoms with Crippen LogP contribution in [0, 0.1) is 0 Å². The van der Waals surface area contributed by atoms with Crippen LogP contribution in [-0.4, -0.2) is 21.2 Å². The molecule has 2 aromatic carbocycles. The molecule has 0 aliphatic carbocycles. The number of hydrogen-bond acceptors (Lipinski definition) is 6. The molecule has 0 fully saturated rings. The van der Waals surface area contributed by atoms with E-state index in [1.165, 1.54) is 0 Å². The molecule has 7 nitrogen and oxygen atoms in total. The summed E-state index contributed by atoms with van der Waals surface area (Å²) >= 11 is 3.38. The van der Waals surface area contributed by atoms with Crippen molar-refractivity contribution in [1.29, 1.82) is 0 Å². The highest BCUT2D eigenvalue weighted by Gasteiger charge is 2.14. The molecule has 2 heterocycles. The Balaban J connectivity index is 1.45. The first-order valence-corrected chi connectivity index (χ1v) is 9.38. The van der Waals surface area contributed by atoms with E-state index in [-0.39, 0.29) is 11.6 Å². The molecule has 0 aliphatic heterocycles. The third-order valence-corrected chi connectivity index (χ3v) is 4.57. The number of aromatic nitrogens is 3. The van der Waals surface area contributed by atoms with Crippen LogP contribution in [0.2, 0.25) is 0 Å². The number of halogens is 1. The predicted molar refractivity (Wildman–Crippen MR) is 107 cm³/mol. The van der Waals surface area contributed by atoms with Gasteiger partial charge in [-0.2, -0.15) is 4.98 Å². The van der Waals surface area contributed by atoms with E-state index in [2.05, 4.69) is 36.5 Å². The second kappa shape index (κ2) is 7.77. The van der Waals surface area contributed by atoms with Gasteiger partial charge in [0.1, 0.15) is 0 Å². The zero-order valence-corrected chi connectivity index (χ0v) is 16.4. The van der Waals surface area contributed by atoms with Crippen molar-refractivity contribution in [1.82, 2.24) is 15.3 Å². The van der Waals surface area contributed by atoms with E-state index in [1.54, 1.807) is 30.3 Å². The first kappa shape index (κ1) is 18.1. The third-order valence-electron chi connectivity index (χ3n) is 4.05. The largest absolute Gasteiger partial charge is 0.355 e. The fourth-order valence-electron chi connectivity index (χ4n) is 2.54. The van der Waals surface area contributed by atoms with Crippen LogP contribution in [-0.2, 0) is 6.42 Å². The Morgan fingerprint density at radius 3 is 2.39 bits per heavy atom. The highest BCUT2D eigenvalue weighted by molar-refractivity contribution is 9.10. The summed E-state index contributed by atoms with van der Waals surface area (Å²) in [5.74, 6) is 1.27. The van der Waals surface area contributed by atoms with Gasteiger partial charge < -0.3 is 14.4 Å². The van der Waals surface area contributed by atoms with Crippen molar-refractivity contribution in [2.45, 2.75) is 13.3 Å². The number of hydrogen-bond donors (Lipinski definition) is 1. The van der Waals surface area contributed by atoms with Gasteiger partial charge in [0.25, 0.3) is 11.8 Å². The quantitative estimate of drug-likeness (QED) is 0.472. The maximum atomic E-state index is 12.4. The van der Waals surface area contributed by atoms with Crippen molar-refractivity contribution in [3.8, 4) is 22.8 Å². The Kier molecular flexibility index (Phi) is 5.03. The van der Waals surface area contributed by atoms with E-state index in [0.29, 0.717) is 29.6 Å². The van der Waals surface area contributed by atoms with Crippen LogP contribution < -0.4 is 5.32 Å². The lowest BCUT2D eigenvalue weighted by atomic mass is 10.1. The number of rotatable bonds is 5. The van der Waals surface area contributed by atoms with Crippen molar-refractivity contribution in [2.24, 2.45) is 0 Å². The monoisotopic (exact) mass is 438 g/mol. The molecule has 4 rings (SSSR count). The normalized spacial score (nSPS) is 10.8. The minimum absolute atomic E-state index is 0.200. The smallest absolute Gasteiger partial charge is 0.277 e. The number of carbonyl (C=O) groups excluding carboxylic acids is 1. The number of anilines is 1. The number of nitrogens with zero attached hydrogens (tertiary/aromatic N) is 3. The van der Waals surface area contributed by atoms with E-state index >= 15 is 0 Å². The molecule has 0 unspecified atom stereocenters. The van der Waals surface area contributed by atoms with Gasteiger partial charge in [0.2, 0.25) is 0 Å². The summed E-state index contributed by atoms with van der Waals surface area (Å²) in [6.07, 6.45) is 0.706. The first-order valence-electron chi connectivity index (χ1n) is 8.59. The summed E-state index contributed by atoms with van der Waals surface area (Å²) < 4.78 is 11.5. The van der Waals surface area contributed by atoms with Crippen LogP contribution in [0.5, 0.6) is 0 Å². The van der Waals surface area contributed by atoms with E-state index < -0.39 is 0 Å². The van der Waals surface area contributed by atoms with Crippen LogP contribution in [0.15, 0.2) is 68.1 Å². The standard InChI is InChI=1S/C20H15BrN4O3/c1-2-18-23-20(28-25-18)13-5-9-15(10-6-13)22-19(26)16-11-17(27-24-16)12-3-7-14(21)8-4-12/h3-11H,2H2,1H3,(H,22,26). The molecular weight excluding hydrogens is 424 g/mol. The first-order chi connectivity index (χ1) is 13.6. The molecule has 8 heteroatoms. The maximum absolute atomic E-state index is 12.4. The molecule has 28 heavy (non-hydrogen) atoms. The van der Waals surface area contributed by atoms with E-state index in [0.717, 1.165) is 15.6 Å². The van der Waals surface area contributed by atoms with Crippen LogP contribution in [0.4, 0.5) is 5.69 Å². The van der Waals surface area contributed by atoms with Crippen molar-refractivity contribution in [3.63, 3.8) is 0 Å². The number of benzene rings is 2. The van der Waals surface area contributed by atoms with Gasteiger partial charge in [0.05, 0.1) is 0 Å². The van der Waals surface area contributed by atoms with Crippen molar-refractivity contribution in [2.75, 3.05) is 5.32 Å².